The number of allylic oxidation sites excluding steroid dienone is 1. The first-order valence-electron chi connectivity index (χ1n) is 7.81. The van der Waals surface area contributed by atoms with Crippen molar-refractivity contribution in [3.05, 3.63) is 12.7 Å². The first-order chi connectivity index (χ1) is 10.3. The normalized spacial score (nSPS) is 16.2. The topological polar surface area (TPSA) is 83.8 Å². The van der Waals surface area contributed by atoms with E-state index in [0.717, 1.165) is 44.9 Å². The molecule has 0 rings (SSSR count). The van der Waals surface area contributed by atoms with Gasteiger partial charge in [-0.25, -0.2) is 4.39 Å². The van der Waals surface area contributed by atoms with E-state index in [0.29, 0.717) is 6.42 Å². The molecular weight excluding hydrogens is 329 g/mol. The molecular formula is C14H29FO5P2. The first-order valence-corrected chi connectivity index (χ1v) is 11.4. The van der Waals surface area contributed by atoms with E-state index in [9.17, 15) is 13.5 Å². The average Bonchev–Trinajstić information content (AvgIpc) is 2.44. The fraction of sp³-hybridized carbons (Fsp3) is 0.857. The van der Waals surface area contributed by atoms with Gasteiger partial charge in [0.15, 0.2) is 0 Å². The molecule has 0 aromatic carbocycles. The van der Waals surface area contributed by atoms with Crippen LogP contribution in [0.25, 0.3) is 0 Å². The molecule has 0 radical (unpaired) electrons. The lowest BCUT2D eigenvalue weighted by molar-refractivity contribution is 0.286. The second kappa shape index (κ2) is 11.5. The van der Waals surface area contributed by atoms with Crippen molar-refractivity contribution in [2.45, 2.75) is 63.9 Å². The number of rotatable bonds is 14. The molecule has 0 saturated heterocycles. The highest BCUT2D eigenvalue weighted by atomic mass is 31.2. The molecule has 0 bridgehead atoms. The van der Waals surface area contributed by atoms with Crippen molar-refractivity contribution < 1.29 is 27.8 Å². The zero-order valence-electron chi connectivity index (χ0n) is 13.3. The molecule has 0 amide bonds. The van der Waals surface area contributed by atoms with Gasteiger partial charge in [-0.1, -0.05) is 38.2 Å². The van der Waals surface area contributed by atoms with Gasteiger partial charge in [0.05, 0.1) is 6.61 Å². The molecule has 0 heterocycles. The SMILES string of the molecule is C=CCCCCCCCCCP(=O)(OCC)C(F)P(=O)(O)O. The summed E-state index contributed by atoms with van der Waals surface area (Å²) < 4.78 is 41.8. The Morgan fingerprint density at radius 1 is 1.09 bits per heavy atom. The smallest absolute Gasteiger partial charge is 0.326 e. The van der Waals surface area contributed by atoms with Crippen molar-refractivity contribution in [3.8, 4) is 0 Å². The molecule has 2 N–H and O–H groups in total. The Balaban J connectivity index is 4.04. The van der Waals surface area contributed by atoms with Gasteiger partial charge < -0.3 is 14.3 Å². The molecule has 2 unspecified atom stereocenters. The third-order valence-electron chi connectivity index (χ3n) is 3.33. The van der Waals surface area contributed by atoms with Crippen LogP contribution in [0.15, 0.2) is 12.7 Å². The Kier molecular flexibility index (Phi) is 11.5. The van der Waals surface area contributed by atoms with E-state index in [1.165, 1.54) is 6.92 Å². The predicted octanol–water partition coefficient (Wildman–Crippen LogP) is 5.04. The van der Waals surface area contributed by atoms with Gasteiger partial charge in [-0.15, -0.1) is 6.58 Å². The fourth-order valence-electron chi connectivity index (χ4n) is 2.19. The summed E-state index contributed by atoms with van der Waals surface area (Å²) in [5.74, 6) is 0. The van der Waals surface area contributed by atoms with Gasteiger partial charge in [-0.2, -0.15) is 0 Å². The molecule has 2 atom stereocenters. The quantitative estimate of drug-likeness (QED) is 0.258. The summed E-state index contributed by atoms with van der Waals surface area (Å²) in [7, 11) is -8.99. The monoisotopic (exact) mass is 358 g/mol. The molecule has 8 heteroatoms. The van der Waals surface area contributed by atoms with Crippen LogP contribution in [0, 0.1) is 0 Å². The van der Waals surface area contributed by atoms with Crippen molar-refractivity contribution in [2.24, 2.45) is 0 Å². The van der Waals surface area contributed by atoms with Crippen molar-refractivity contribution in [1.82, 2.24) is 0 Å². The minimum Gasteiger partial charge on any atom is -0.326 e. The summed E-state index contributed by atoms with van der Waals surface area (Å²) in [6.45, 7) is 5.17. The van der Waals surface area contributed by atoms with E-state index >= 15 is 0 Å². The second-order valence-corrected chi connectivity index (χ2v) is 9.97. The Morgan fingerprint density at radius 2 is 1.59 bits per heavy atom. The van der Waals surface area contributed by atoms with E-state index in [1.807, 2.05) is 6.08 Å². The van der Waals surface area contributed by atoms with Crippen LogP contribution in [0.5, 0.6) is 0 Å². The van der Waals surface area contributed by atoms with E-state index < -0.39 is 20.6 Å². The van der Waals surface area contributed by atoms with Crippen LogP contribution >= 0.6 is 15.0 Å². The maximum atomic E-state index is 13.7. The highest BCUT2D eigenvalue weighted by Gasteiger charge is 2.46. The summed E-state index contributed by atoms with van der Waals surface area (Å²) in [6.07, 6.45) is 9.40. The van der Waals surface area contributed by atoms with Crippen molar-refractivity contribution in [1.29, 1.82) is 0 Å². The van der Waals surface area contributed by atoms with Crippen molar-refractivity contribution in [2.75, 3.05) is 12.8 Å². The molecule has 0 aromatic heterocycles. The largest absolute Gasteiger partial charge is 0.369 e. The van der Waals surface area contributed by atoms with Crippen LogP contribution in [-0.4, -0.2) is 28.2 Å². The van der Waals surface area contributed by atoms with E-state index in [4.69, 9.17) is 14.3 Å². The molecule has 0 fully saturated rings. The highest BCUT2D eigenvalue weighted by Crippen LogP contribution is 2.66. The van der Waals surface area contributed by atoms with Gasteiger partial charge >= 0.3 is 7.60 Å². The zero-order valence-corrected chi connectivity index (χ0v) is 15.1. The molecule has 0 aliphatic heterocycles. The van der Waals surface area contributed by atoms with Crippen LogP contribution in [0.2, 0.25) is 0 Å². The van der Waals surface area contributed by atoms with Gasteiger partial charge in [0.1, 0.15) is 0 Å². The Hall–Kier alpha value is 0.01000. The lowest BCUT2D eigenvalue weighted by Gasteiger charge is -2.22. The van der Waals surface area contributed by atoms with Crippen LogP contribution in [0.1, 0.15) is 58.3 Å². The first kappa shape index (κ1) is 22.0. The Morgan fingerprint density at radius 3 is 2.05 bits per heavy atom. The van der Waals surface area contributed by atoms with Gasteiger partial charge in [0.25, 0.3) is 5.65 Å². The summed E-state index contributed by atoms with van der Waals surface area (Å²) in [4.78, 5) is 17.7. The lowest BCUT2D eigenvalue weighted by atomic mass is 10.1. The fourth-order valence-corrected chi connectivity index (χ4v) is 6.13. The van der Waals surface area contributed by atoms with Gasteiger partial charge in [-0.05, 0) is 26.2 Å². The molecule has 0 aliphatic carbocycles. The maximum absolute atomic E-state index is 13.7. The van der Waals surface area contributed by atoms with Crippen molar-refractivity contribution >= 4 is 15.0 Å². The van der Waals surface area contributed by atoms with Crippen LogP contribution < -0.4 is 0 Å². The summed E-state index contributed by atoms with van der Waals surface area (Å²) in [5.41, 5.74) is -2.71. The Labute approximate surface area is 133 Å². The molecule has 132 valence electrons. The van der Waals surface area contributed by atoms with Crippen molar-refractivity contribution in [3.63, 3.8) is 0 Å². The minimum atomic E-state index is -5.05. The molecule has 0 spiro atoms. The molecule has 0 aromatic rings. The van der Waals surface area contributed by atoms with E-state index in [-0.39, 0.29) is 12.8 Å². The summed E-state index contributed by atoms with van der Waals surface area (Å²) >= 11 is 0. The summed E-state index contributed by atoms with van der Waals surface area (Å²) in [5, 5.41) is 0. The number of alkyl halides is 1. The van der Waals surface area contributed by atoms with Gasteiger partial charge in [0, 0.05) is 6.16 Å². The van der Waals surface area contributed by atoms with Crippen LogP contribution in [-0.2, 0) is 13.7 Å². The van der Waals surface area contributed by atoms with Gasteiger partial charge in [-0.3, -0.25) is 9.13 Å². The second-order valence-electron chi connectivity index (χ2n) is 5.32. The molecule has 0 saturated carbocycles. The molecule has 5 nitrogen and oxygen atoms in total. The zero-order chi connectivity index (χ0) is 17.1. The molecule has 0 aliphatic rings. The highest BCUT2D eigenvalue weighted by molar-refractivity contribution is 7.74. The third-order valence-corrected chi connectivity index (χ3v) is 8.13. The van der Waals surface area contributed by atoms with E-state index in [2.05, 4.69) is 6.58 Å². The molecule has 22 heavy (non-hydrogen) atoms. The standard InChI is InChI=1S/C14H29FO5P2/c1-3-5-6-7-8-9-10-11-12-13-21(16,20-4-2)14(15)22(17,18)19/h3,14H,1,4-13H2,2H3,(H2,17,18,19). The van der Waals surface area contributed by atoms with E-state index in [1.54, 1.807) is 0 Å². The number of hydrogen-bond acceptors (Lipinski definition) is 3. The maximum Gasteiger partial charge on any atom is 0.369 e. The number of hydrogen-bond donors (Lipinski definition) is 2. The minimum absolute atomic E-state index is 0.0268. The number of halogens is 1. The third kappa shape index (κ3) is 9.22. The Bertz CT molecular complexity index is 397. The van der Waals surface area contributed by atoms with Crippen LogP contribution in [0.4, 0.5) is 4.39 Å². The number of unbranched alkanes of at least 4 members (excludes halogenated alkanes) is 7. The summed E-state index contributed by atoms with van der Waals surface area (Å²) in [6, 6.07) is 0. The average molecular weight is 358 g/mol. The van der Waals surface area contributed by atoms with Crippen LogP contribution in [0.3, 0.4) is 0 Å². The van der Waals surface area contributed by atoms with Gasteiger partial charge in [0.2, 0.25) is 7.37 Å². The lowest BCUT2D eigenvalue weighted by Crippen LogP contribution is -2.09. The predicted molar refractivity (Wildman–Crippen MR) is 88.2 cm³/mol.